The Morgan fingerprint density at radius 3 is 2.39 bits per heavy atom. The van der Waals surface area contributed by atoms with Crippen molar-refractivity contribution in [1.29, 1.82) is 0 Å². The van der Waals surface area contributed by atoms with Gasteiger partial charge >= 0.3 is 0 Å². The maximum atomic E-state index is 14.1. The highest BCUT2D eigenvalue weighted by molar-refractivity contribution is 7.90. The summed E-state index contributed by atoms with van der Waals surface area (Å²) in [5, 5.41) is 0.669. The minimum absolute atomic E-state index is 0. The largest absolute Gasteiger partial charge is 0.337 e. The second kappa shape index (κ2) is 8.43. The van der Waals surface area contributed by atoms with Gasteiger partial charge in [-0.3, -0.25) is 0 Å². The van der Waals surface area contributed by atoms with Gasteiger partial charge < -0.3 is 10.3 Å². The number of halogens is 3. The van der Waals surface area contributed by atoms with Gasteiger partial charge in [0.25, 0.3) is 0 Å². The predicted octanol–water partition coefficient (Wildman–Crippen LogP) is 4.39. The summed E-state index contributed by atoms with van der Waals surface area (Å²) in [5.74, 6) is -0.746. The van der Waals surface area contributed by atoms with Gasteiger partial charge in [-0.15, -0.1) is 12.4 Å². The minimum Gasteiger partial charge on any atom is -0.337 e. The number of sulfone groups is 1. The monoisotopic (exact) mass is 426 g/mol. The average Bonchev–Trinajstić information content (AvgIpc) is 2.87. The van der Waals surface area contributed by atoms with E-state index in [-0.39, 0.29) is 42.0 Å². The molecule has 0 spiro atoms. The SMILES string of the molecule is Cc1c(-c2ccc(F)cc2)c2cc(S(C)(=O)=O)ccc2n1C/C(F)=C/CN.Cl. The highest BCUT2D eigenvalue weighted by Crippen LogP contribution is 2.36. The van der Waals surface area contributed by atoms with E-state index in [0.717, 1.165) is 23.1 Å². The summed E-state index contributed by atoms with van der Waals surface area (Å²) < 4.78 is 53.2. The zero-order valence-corrected chi connectivity index (χ0v) is 17.1. The molecule has 8 heteroatoms. The van der Waals surface area contributed by atoms with Gasteiger partial charge in [-0.05, 0) is 48.9 Å². The summed E-state index contributed by atoms with van der Waals surface area (Å²) in [6.45, 7) is 1.90. The van der Waals surface area contributed by atoms with Crippen molar-refractivity contribution in [2.45, 2.75) is 18.4 Å². The Hall–Kier alpha value is -2.22. The molecule has 0 saturated heterocycles. The Labute approximate surface area is 169 Å². The lowest BCUT2D eigenvalue weighted by Crippen LogP contribution is -2.03. The summed E-state index contributed by atoms with van der Waals surface area (Å²) in [6.07, 6.45) is 2.44. The van der Waals surface area contributed by atoms with Gasteiger partial charge in [0.2, 0.25) is 0 Å². The van der Waals surface area contributed by atoms with E-state index in [9.17, 15) is 17.2 Å². The van der Waals surface area contributed by atoms with Gasteiger partial charge in [0.15, 0.2) is 9.84 Å². The van der Waals surface area contributed by atoms with E-state index < -0.39 is 9.84 Å². The van der Waals surface area contributed by atoms with Crippen molar-refractivity contribution in [2.24, 2.45) is 5.73 Å². The molecule has 0 atom stereocenters. The average molecular weight is 427 g/mol. The Kier molecular flexibility index (Phi) is 6.64. The second-order valence-corrected chi connectivity index (χ2v) is 8.41. The lowest BCUT2D eigenvalue weighted by molar-refractivity contribution is 0.555. The number of hydrogen-bond donors (Lipinski definition) is 1. The van der Waals surface area contributed by atoms with E-state index in [2.05, 4.69) is 0 Å². The molecule has 0 radical (unpaired) electrons. The van der Waals surface area contributed by atoms with Crippen LogP contribution in [0.3, 0.4) is 0 Å². The molecule has 0 fully saturated rings. The third-order valence-electron chi connectivity index (χ3n) is 4.50. The highest BCUT2D eigenvalue weighted by Gasteiger charge is 2.19. The van der Waals surface area contributed by atoms with Crippen molar-refractivity contribution in [3.63, 3.8) is 0 Å². The highest BCUT2D eigenvalue weighted by atomic mass is 35.5. The number of aromatic nitrogens is 1. The van der Waals surface area contributed by atoms with Gasteiger partial charge in [-0.1, -0.05) is 12.1 Å². The van der Waals surface area contributed by atoms with Crippen LogP contribution in [0.5, 0.6) is 0 Å². The topological polar surface area (TPSA) is 65.1 Å². The van der Waals surface area contributed by atoms with Crippen molar-refractivity contribution >= 4 is 33.1 Å². The van der Waals surface area contributed by atoms with Crippen LogP contribution in [0, 0.1) is 12.7 Å². The molecular weight excluding hydrogens is 406 g/mol. The predicted molar refractivity (Wildman–Crippen MR) is 111 cm³/mol. The summed E-state index contributed by atoms with van der Waals surface area (Å²) >= 11 is 0. The maximum Gasteiger partial charge on any atom is 0.175 e. The number of nitrogens with zero attached hydrogens (tertiary/aromatic N) is 1. The molecule has 0 unspecified atom stereocenters. The standard InChI is InChI=1S/C20H20F2N2O2S.ClH/c1-13-20(14-3-5-15(21)6-4-14)18-11-17(27(2,25)26)7-8-19(18)24(13)12-16(22)9-10-23;/h3-9,11H,10,12,23H2,1-2H3;1H/b16-9-;. The summed E-state index contributed by atoms with van der Waals surface area (Å²) in [6, 6.07) is 10.7. The Balaban J connectivity index is 0.00000280. The van der Waals surface area contributed by atoms with Crippen molar-refractivity contribution in [1.82, 2.24) is 4.57 Å². The third kappa shape index (κ3) is 4.27. The summed E-state index contributed by atoms with van der Waals surface area (Å²) in [4.78, 5) is 0.175. The molecule has 2 aromatic carbocycles. The number of fused-ring (bicyclic) bond motifs is 1. The number of hydrogen-bond acceptors (Lipinski definition) is 3. The molecule has 28 heavy (non-hydrogen) atoms. The van der Waals surface area contributed by atoms with E-state index >= 15 is 0 Å². The second-order valence-electron chi connectivity index (χ2n) is 6.39. The molecule has 4 nitrogen and oxygen atoms in total. The first-order valence-corrected chi connectivity index (χ1v) is 10.2. The van der Waals surface area contributed by atoms with Crippen LogP contribution in [0.15, 0.2) is 59.3 Å². The van der Waals surface area contributed by atoms with E-state index in [0.29, 0.717) is 10.9 Å². The van der Waals surface area contributed by atoms with Crippen LogP contribution in [0.25, 0.3) is 22.0 Å². The van der Waals surface area contributed by atoms with Crippen LogP contribution in [0.1, 0.15) is 5.69 Å². The fraction of sp³-hybridized carbons (Fsp3) is 0.200. The molecule has 0 aliphatic carbocycles. The normalized spacial score (nSPS) is 12.2. The van der Waals surface area contributed by atoms with E-state index in [1.807, 2.05) is 6.92 Å². The van der Waals surface area contributed by atoms with E-state index in [4.69, 9.17) is 5.73 Å². The minimum atomic E-state index is -3.41. The fourth-order valence-electron chi connectivity index (χ4n) is 3.22. The first-order chi connectivity index (χ1) is 12.7. The van der Waals surface area contributed by atoms with E-state index in [1.165, 1.54) is 24.3 Å². The van der Waals surface area contributed by atoms with Crippen LogP contribution >= 0.6 is 12.4 Å². The molecule has 3 aromatic rings. The first kappa shape index (κ1) is 22.1. The van der Waals surface area contributed by atoms with Gasteiger partial charge in [0.05, 0.1) is 11.4 Å². The fourth-order valence-corrected chi connectivity index (χ4v) is 3.87. The van der Waals surface area contributed by atoms with Crippen molar-refractivity contribution in [3.8, 4) is 11.1 Å². The number of allylic oxidation sites excluding steroid dienone is 1. The van der Waals surface area contributed by atoms with Crippen LogP contribution < -0.4 is 5.73 Å². The zero-order valence-electron chi connectivity index (χ0n) is 15.4. The lowest BCUT2D eigenvalue weighted by Gasteiger charge is -2.08. The number of benzene rings is 2. The molecule has 0 aliphatic rings. The van der Waals surface area contributed by atoms with Crippen molar-refractivity contribution in [3.05, 3.63) is 65.9 Å². The maximum absolute atomic E-state index is 14.1. The first-order valence-electron chi connectivity index (χ1n) is 8.36. The molecule has 0 aliphatic heterocycles. The molecule has 0 amide bonds. The Morgan fingerprint density at radius 2 is 1.82 bits per heavy atom. The van der Waals surface area contributed by atoms with Gasteiger partial charge in [0.1, 0.15) is 11.6 Å². The third-order valence-corrected chi connectivity index (χ3v) is 5.61. The molecule has 1 aromatic heterocycles. The van der Waals surface area contributed by atoms with Gasteiger partial charge in [-0.25, -0.2) is 17.2 Å². The molecule has 3 rings (SSSR count). The smallest absolute Gasteiger partial charge is 0.175 e. The molecule has 2 N–H and O–H groups in total. The molecular formula is C20H21ClF2N2O2S. The summed E-state index contributed by atoms with van der Waals surface area (Å²) in [5.41, 5.74) is 8.31. The van der Waals surface area contributed by atoms with Crippen LogP contribution in [-0.2, 0) is 16.4 Å². The quantitative estimate of drug-likeness (QED) is 0.657. The van der Waals surface area contributed by atoms with Gasteiger partial charge in [-0.2, -0.15) is 0 Å². The van der Waals surface area contributed by atoms with Crippen LogP contribution in [0.2, 0.25) is 0 Å². The number of nitrogens with two attached hydrogens (primary N) is 1. The molecule has 150 valence electrons. The molecule has 0 saturated carbocycles. The van der Waals surface area contributed by atoms with Crippen molar-refractivity contribution in [2.75, 3.05) is 12.8 Å². The lowest BCUT2D eigenvalue weighted by atomic mass is 10.0. The zero-order chi connectivity index (χ0) is 19.8. The van der Waals surface area contributed by atoms with Crippen LogP contribution in [0.4, 0.5) is 8.78 Å². The summed E-state index contributed by atoms with van der Waals surface area (Å²) in [7, 11) is -3.41. The van der Waals surface area contributed by atoms with Crippen molar-refractivity contribution < 1.29 is 17.2 Å². The van der Waals surface area contributed by atoms with E-state index in [1.54, 1.807) is 28.8 Å². The van der Waals surface area contributed by atoms with Crippen LogP contribution in [-0.4, -0.2) is 25.8 Å². The molecule has 1 heterocycles. The number of rotatable bonds is 5. The van der Waals surface area contributed by atoms with Gasteiger partial charge in [0, 0.05) is 35.0 Å². The Morgan fingerprint density at radius 1 is 1.18 bits per heavy atom. The molecule has 0 bridgehead atoms. The Bertz CT molecular complexity index is 1140.